The maximum absolute atomic E-state index is 14.6. The van der Waals surface area contributed by atoms with Crippen molar-refractivity contribution >= 4 is 22.7 Å². The lowest BCUT2D eigenvalue weighted by Gasteiger charge is -2.36. The summed E-state index contributed by atoms with van der Waals surface area (Å²) in [5.74, 6) is 0.408. The largest absolute Gasteiger partial charge is 0.491 e. The summed E-state index contributed by atoms with van der Waals surface area (Å²) in [5, 5.41) is 9.86. The van der Waals surface area contributed by atoms with Gasteiger partial charge in [0, 0.05) is 62.6 Å². The number of hydrogen-bond donors (Lipinski definition) is 2. The van der Waals surface area contributed by atoms with Crippen LogP contribution in [0, 0.1) is 11.2 Å². The predicted molar refractivity (Wildman–Crippen MR) is 128 cm³/mol. The highest BCUT2D eigenvalue weighted by Crippen LogP contribution is 2.28. The van der Waals surface area contributed by atoms with Crippen LogP contribution in [0.25, 0.3) is 11.0 Å². The number of nitrogen functional groups attached to an aromatic ring is 1. The van der Waals surface area contributed by atoms with Gasteiger partial charge in [-0.3, -0.25) is 4.90 Å². The molecule has 0 amide bonds. The van der Waals surface area contributed by atoms with Gasteiger partial charge >= 0.3 is 0 Å². The smallest absolute Gasteiger partial charge is 0.221 e. The number of nitrogens with two attached hydrogens (primary N) is 1. The van der Waals surface area contributed by atoms with Crippen LogP contribution in [0.2, 0.25) is 0 Å². The molecule has 1 saturated heterocycles. The Balaban J connectivity index is 1.45. The fraction of sp³-hybridized carbons (Fsp3) is 0.500. The Morgan fingerprint density at radius 1 is 1.15 bits per heavy atom. The summed E-state index contributed by atoms with van der Waals surface area (Å²) in [6.45, 7) is 11.4. The fourth-order valence-corrected chi connectivity index (χ4v) is 4.26. The Labute approximate surface area is 193 Å². The number of hydrogen-bond acceptors (Lipinski definition) is 7. The van der Waals surface area contributed by atoms with Gasteiger partial charge in [0.2, 0.25) is 5.95 Å². The molecule has 1 aliphatic rings. The van der Waals surface area contributed by atoms with Crippen molar-refractivity contribution < 1.29 is 14.2 Å². The molecule has 3 heterocycles. The van der Waals surface area contributed by atoms with E-state index in [0.717, 1.165) is 50.3 Å². The molecule has 8 nitrogen and oxygen atoms in total. The number of aromatic nitrogens is 3. The Bertz CT molecular complexity index is 1100. The van der Waals surface area contributed by atoms with Crippen molar-refractivity contribution in [2.24, 2.45) is 5.41 Å². The monoisotopic (exact) mass is 456 g/mol. The maximum Gasteiger partial charge on any atom is 0.221 e. The molecule has 0 bridgehead atoms. The van der Waals surface area contributed by atoms with E-state index in [9.17, 15) is 4.39 Å². The lowest BCUT2D eigenvalue weighted by atomic mass is 9.97. The van der Waals surface area contributed by atoms with E-state index in [-0.39, 0.29) is 30.4 Å². The third-order valence-corrected chi connectivity index (χ3v) is 5.75. The SMILES string of the molecule is CC(C)(C)Cn1c(CN2CCN(c3ccc(OCCO)cc3F)CC2)cc2cnc(N)nc21. The van der Waals surface area contributed by atoms with Gasteiger partial charge in [0.15, 0.2) is 0 Å². The van der Waals surface area contributed by atoms with Crippen LogP contribution in [0.1, 0.15) is 26.5 Å². The first kappa shape index (κ1) is 23.3. The zero-order valence-corrected chi connectivity index (χ0v) is 19.6. The molecule has 3 N–H and O–H groups in total. The number of halogens is 1. The lowest BCUT2D eigenvalue weighted by molar-refractivity contribution is 0.201. The van der Waals surface area contributed by atoms with Crippen LogP contribution in [0.15, 0.2) is 30.5 Å². The van der Waals surface area contributed by atoms with E-state index in [1.54, 1.807) is 18.3 Å². The molecule has 0 aliphatic carbocycles. The summed E-state index contributed by atoms with van der Waals surface area (Å²) in [6.07, 6.45) is 1.79. The van der Waals surface area contributed by atoms with E-state index >= 15 is 0 Å². The fourth-order valence-electron chi connectivity index (χ4n) is 4.26. The minimum atomic E-state index is -0.305. The summed E-state index contributed by atoms with van der Waals surface area (Å²) >= 11 is 0. The molecule has 178 valence electrons. The number of rotatable bonds is 7. The van der Waals surface area contributed by atoms with Crippen LogP contribution in [-0.4, -0.2) is 63.9 Å². The Morgan fingerprint density at radius 3 is 2.58 bits per heavy atom. The lowest BCUT2D eigenvalue weighted by Crippen LogP contribution is -2.46. The number of fused-ring (bicyclic) bond motifs is 1. The molecule has 0 radical (unpaired) electrons. The van der Waals surface area contributed by atoms with Crippen molar-refractivity contribution in [1.29, 1.82) is 0 Å². The van der Waals surface area contributed by atoms with Crippen molar-refractivity contribution in [3.8, 4) is 5.75 Å². The van der Waals surface area contributed by atoms with Gasteiger partial charge in [0.1, 0.15) is 23.8 Å². The number of nitrogens with zero attached hydrogens (tertiary/aromatic N) is 5. The third-order valence-electron chi connectivity index (χ3n) is 5.75. The summed E-state index contributed by atoms with van der Waals surface area (Å²) in [6, 6.07) is 7.03. The molecule has 4 rings (SSSR count). The molecule has 1 aromatic carbocycles. The van der Waals surface area contributed by atoms with Crippen molar-refractivity contribution in [2.45, 2.75) is 33.9 Å². The van der Waals surface area contributed by atoms with Crippen LogP contribution in [0.4, 0.5) is 16.0 Å². The highest BCUT2D eigenvalue weighted by atomic mass is 19.1. The highest BCUT2D eigenvalue weighted by Gasteiger charge is 2.23. The number of aliphatic hydroxyl groups excluding tert-OH is 1. The van der Waals surface area contributed by atoms with Gasteiger partial charge in [-0.1, -0.05) is 20.8 Å². The van der Waals surface area contributed by atoms with E-state index in [1.807, 2.05) is 0 Å². The number of benzene rings is 1. The van der Waals surface area contributed by atoms with Crippen LogP contribution in [0.3, 0.4) is 0 Å². The molecule has 2 aromatic heterocycles. The minimum absolute atomic E-state index is 0.0870. The van der Waals surface area contributed by atoms with Gasteiger partial charge < -0.3 is 25.0 Å². The van der Waals surface area contributed by atoms with Crippen molar-refractivity contribution in [2.75, 3.05) is 50.0 Å². The zero-order chi connectivity index (χ0) is 23.6. The normalized spacial score (nSPS) is 15.4. The third kappa shape index (κ3) is 5.54. The molecule has 1 fully saturated rings. The van der Waals surface area contributed by atoms with Crippen LogP contribution in [-0.2, 0) is 13.1 Å². The van der Waals surface area contributed by atoms with Gasteiger partial charge in [0.05, 0.1) is 12.3 Å². The van der Waals surface area contributed by atoms with Crippen LogP contribution in [0.5, 0.6) is 5.75 Å². The summed E-state index contributed by atoms with van der Waals surface area (Å²) in [4.78, 5) is 13.1. The van der Waals surface area contributed by atoms with E-state index in [1.165, 1.54) is 11.8 Å². The van der Waals surface area contributed by atoms with Gasteiger partial charge in [-0.25, -0.2) is 9.37 Å². The zero-order valence-electron chi connectivity index (χ0n) is 19.6. The average molecular weight is 457 g/mol. The highest BCUT2D eigenvalue weighted by molar-refractivity contribution is 5.77. The topological polar surface area (TPSA) is 92.7 Å². The van der Waals surface area contributed by atoms with Crippen molar-refractivity contribution in [3.63, 3.8) is 0 Å². The Morgan fingerprint density at radius 2 is 1.91 bits per heavy atom. The van der Waals surface area contributed by atoms with Crippen molar-refractivity contribution in [1.82, 2.24) is 19.4 Å². The van der Waals surface area contributed by atoms with Crippen molar-refractivity contribution in [3.05, 3.63) is 42.0 Å². The molecule has 0 spiro atoms. The first-order valence-corrected chi connectivity index (χ1v) is 11.3. The van der Waals surface area contributed by atoms with Gasteiger partial charge in [0.25, 0.3) is 0 Å². The Kier molecular flexibility index (Phi) is 6.71. The number of ether oxygens (including phenoxy) is 1. The second-order valence-corrected chi connectivity index (χ2v) is 9.74. The number of piperazine rings is 1. The maximum atomic E-state index is 14.6. The van der Waals surface area contributed by atoms with Gasteiger partial charge in [-0.15, -0.1) is 0 Å². The average Bonchev–Trinajstić information content (AvgIpc) is 3.08. The minimum Gasteiger partial charge on any atom is -0.491 e. The number of aliphatic hydroxyl groups is 1. The number of anilines is 2. The Hall–Kier alpha value is -2.91. The molecule has 3 aromatic rings. The molecule has 0 saturated carbocycles. The molecule has 33 heavy (non-hydrogen) atoms. The molecule has 9 heteroatoms. The summed E-state index contributed by atoms with van der Waals surface area (Å²) < 4.78 is 22.2. The molecular weight excluding hydrogens is 423 g/mol. The molecule has 0 unspecified atom stereocenters. The predicted octanol–water partition coefficient (Wildman–Crippen LogP) is 2.89. The molecule has 1 aliphatic heterocycles. The second-order valence-electron chi connectivity index (χ2n) is 9.74. The molecule has 0 atom stereocenters. The second kappa shape index (κ2) is 9.52. The first-order valence-electron chi connectivity index (χ1n) is 11.3. The van der Waals surface area contributed by atoms with E-state index in [4.69, 9.17) is 15.6 Å². The van der Waals surface area contributed by atoms with Crippen LogP contribution >= 0.6 is 0 Å². The molecular formula is C24H33FN6O2. The summed E-state index contributed by atoms with van der Waals surface area (Å²) in [7, 11) is 0. The quantitative estimate of drug-likeness (QED) is 0.565. The van der Waals surface area contributed by atoms with Gasteiger partial charge in [-0.05, 0) is 23.6 Å². The van der Waals surface area contributed by atoms with E-state index < -0.39 is 0 Å². The summed E-state index contributed by atoms with van der Waals surface area (Å²) in [5.41, 5.74) is 8.59. The van der Waals surface area contributed by atoms with Crippen LogP contribution < -0.4 is 15.4 Å². The van der Waals surface area contributed by atoms with E-state index in [0.29, 0.717) is 11.4 Å². The first-order chi connectivity index (χ1) is 15.7. The van der Waals surface area contributed by atoms with E-state index in [2.05, 4.69) is 51.2 Å². The van der Waals surface area contributed by atoms with Gasteiger partial charge in [-0.2, -0.15) is 4.98 Å². The standard InChI is InChI=1S/C24H33FN6O2/c1-24(2,3)16-31-18(12-17-14-27-23(26)28-22(17)31)15-29-6-8-30(9-7-29)21-5-4-19(13-20(21)25)33-11-10-32/h4-5,12-14,32H,6-11,15-16H2,1-3H3,(H2,26,27,28).